The van der Waals surface area contributed by atoms with E-state index in [0.29, 0.717) is 6.61 Å². The maximum Gasteiger partial charge on any atom is 0.0610 e. The number of hydrogen-bond acceptors (Lipinski definition) is 3. The molecule has 2 nitrogen and oxygen atoms in total. The van der Waals surface area contributed by atoms with Gasteiger partial charge in [-0.3, -0.25) is 0 Å². The second kappa shape index (κ2) is 7.82. The molecular formula is C13H22O2S. The molecule has 92 valence electrons. The van der Waals surface area contributed by atoms with E-state index in [1.54, 1.807) is 11.3 Å². The van der Waals surface area contributed by atoms with Crippen LogP contribution < -0.4 is 0 Å². The molecule has 0 saturated carbocycles. The fourth-order valence-electron chi connectivity index (χ4n) is 1.52. The Bertz CT molecular complexity index is 283. The monoisotopic (exact) mass is 242 g/mol. The van der Waals surface area contributed by atoms with Crippen LogP contribution in [0.15, 0.2) is 12.1 Å². The summed E-state index contributed by atoms with van der Waals surface area (Å²) in [6, 6.07) is 4.28. The summed E-state index contributed by atoms with van der Waals surface area (Å²) in [4.78, 5) is 2.67. The molecule has 0 aliphatic carbocycles. The van der Waals surface area contributed by atoms with Gasteiger partial charge in [-0.2, -0.15) is 0 Å². The highest BCUT2D eigenvalue weighted by Gasteiger charge is 2.07. The van der Waals surface area contributed by atoms with E-state index in [-0.39, 0.29) is 6.10 Å². The highest BCUT2D eigenvalue weighted by Crippen LogP contribution is 2.19. The van der Waals surface area contributed by atoms with Crippen LogP contribution in [0.1, 0.15) is 36.4 Å². The summed E-state index contributed by atoms with van der Waals surface area (Å²) < 4.78 is 5.36. The van der Waals surface area contributed by atoms with Crippen LogP contribution >= 0.6 is 11.3 Å². The summed E-state index contributed by atoms with van der Waals surface area (Å²) in [6.45, 7) is 5.71. The van der Waals surface area contributed by atoms with Crippen molar-refractivity contribution in [2.75, 3.05) is 13.2 Å². The Balaban J connectivity index is 2.20. The van der Waals surface area contributed by atoms with Crippen LogP contribution in [0.25, 0.3) is 0 Å². The predicted octanol–water partition coefficient (Wildman–Crippen LogP) is 3.03. The zero-order valence-corrected chi connectivity index (χ0v) is 11.1. The van der Waals surface area contributed by atoms with Gasteiger partial charge in [0.15, 0.2) is 0 Å². The van der Waals surface area contributed by atoms with Gasteiger partial charge in [-0.25, -0.2) is 0 Å². The first-order chi connectivity index (χ1) is 7.76. The van der Waals surface area contributed by atoms with E-state index in [9.17, 15) is 5.11 Å². The molecule has 0 amide bonds. The van der Waals surface area contributed by atoms with Crippen LogP contribution in [0.2, 0.25) is 0 Å². The van der Waals surface area contributed by atoms with Gasteiger partial charge in [0.2, 0.25) is 0 Å². The van der Waals surface area contributed by atoms with Crippen molar-refractivity contribution in [3.8, 4) is 0 Å². The van der Waals surface area contributed by atoms with Gasteiger partial charge in [-0.05, 0) is 31.4 Å². The van der Waals surface area contributed by atoms with Crippen LogP contribution in [-0.4, -0.2) is 24.4 Å². The lowest BCUT2D eigenvalue weighted by molar-refractivity contribution is 0.0827. The summed E-state index contributed by atoms with van der Waals surface area (Å²) in [5, 5.41) is 9.81. The molecule has 1 unspecified atom stereocenters. The van der Waals surface area contributed by atoms with Gasteiger partial charge in [-0.15, -0.1) is 11.3 Å². The van der Waals surface area contributed by atoms with E-state index in [1.165, 1.54) is 9.75 Å². The third-order valence-electron chi connectivity index (χ3n) is 2.45. The van der Waals surface area contributed by atoms with E-state index in [4.69, 9.17) is 4.74 Å². The number of hydrogen-bond donors (Lipinski definition) is 1. The molecule has 0 aliphatic heterocycles. The predicted molar refractivity (Wildman–Crippen MR) is 69.1 cm³/mol. The van der Waals surface area contributed by atoms with Crippen molar-refractivity contribution >= 4 is 11.3 Å². The first-order valence-corrected chi connectivity index (χ1v) is 6.91. The molecule has 1 N–H and O–H groups in total. The molecule has 1 aromatic heterocycles. The molecule has 0 radical (unpaired) electrons. The molecule has 0 aliphatic rings. The third-order valence-corrected chi connectivity index (χ3v) is 3.70. The molecule has 0 fully saturated rings. The second-order valence-electron chi connectivity index (χ2n) is 3.98. The van der Waals surface area contributed by atoms with Gasteiger partial charge >= 0.3 is 0 Å². The molecule has 1 atom stereocenters. The average molecular weight is 242 g/mol. The van der Waals surface area contributed by atoms with Gasteiger partial charge in [0.25, 0.3) is 0 Å². The number of thiophene rings is 1. The van der Waals surface area contributed by atoms with Crippen LogP contribution in [-0.2, 0) is 17.6 Å². The van der Waals surface area contributed by atoms with Crippen molar-refractivity contribution in [3.63, 3.8) is 0 Å². The van der Waals surface area contributed by atoms with Crippen LogP contribution in [0.4, 0.5) is 0 Å². The van der Waals surface area contributed by atoms with Gasteiger partial charge in [0, 0.05) is 29.4 Å². The maximum absolute atomic E-state index is 9.81. The normalized spacial score (nSPS) is 12.9. The zero-order chi connectivity index (χ0) is 11.8. The van der Waals surface area contributed by atoms with Crippen LogP contribution in [0.5, 0.6) is 0 Å². The quantitative estimate of drug-likeness (QED) is 0.710. The third kappa shape index (κ3) is 5.10. The van der Waals surface area contributed by atoms with Gasteiger partial charge in [0.1, 0.15) is 0 Å². The maximum atomic E-state index is 9.81. The number of rotatable bonds is 8. The van der Waals surface area contributed by atoms with Crippen molar-refractivity contribution in [3.05, 3.63) is 21.9 Å². The Kier molecular flexibility index (Phi) is 6.69. The Morgan fingerprint density at radius 2 is 2.00 bits per heavy atom. The Hall–Kier alpha value is -0.380. The van der Waals surface area contributed by atoms with E-state index in [0.717, 1.165) is 32.3 Å². The number of aliphatic hydroxyl groups is 1. The SMILES string of the molecule is CCCOCCC(O)Cc1ccc(CC)s1. The minimum absolute atomic E-state index is 0.264. The number of aliphatic hydroxyl groups excluding tert-OH is 1. The van der Waals surface area contributed by atoms with Crippen LogP contribution in [0, 0.1) is 0 Å². The Morgan fingerprint density at radius 1 is 1.25 bits per heavy atom. The largest absolute Gasteiger partial charge is 0.393 e. The topological polar surface area (TPSA) is 29.5 Å². The molecule has 0 spiro atoms. The van der Waals surface area contributed by atoms with E-state index in [1.807, 2.05) is 0 Å². The molecule has 0 saturated heterocycles. The molecular weight excluding hydrogens is 220 g/mol. The molecule has 0 bridgehead atoms. The molecule has 1 aromatic rings. The highest BCUT2D eigenvalue weighted by molar-refractivity contribution is 7.11. The van der Waals surface area contributed by atoms with Gasteiger partial charge in [-0.1, -0.05) is 13.8 Å². The first-order valence-electron chi connectivity index (χ1n) is 6.09. The van der Waals surface area contributed by atoms with E-state index in [2.05, 4.69) is 26.0 Å². The van der Waals surface area contributed by atoms with Crippen LogP contribution in [0.3, 0.4) is 0 Å². The number of aryl methyl sites for hydroxylation is 1. The molecule has 3 heteroatoms. The Labute approximate surface area is 102 Å². The second-order valence-corrected chi connectivity index (χ2v) is 5.23. The summed E-state index contributed by atoms with van der Waals surface area (Å²) in [7, 11) is 0. The lowest BCUT2D eigenvalue weighted by atomic mass is 10.2. The smallest absolute Gasteiger partial charge is 0.0610 e. The fraction of sp³-hybridized carbons (Fsp3) is 0.692. The molecule has 0 aromatic carbocycles. The van der Waals surface area contributed by atoms with Crippen molar-refractivity contribution in [2.45, 2.75) is 45.6 Å². The van der Waals surface area contributed by atoms with E-state index >= 15 is 0 Å². The zero-order valence-electron chi connectivity index (χ0n) is 10.2. The summed E-state index contributed by atoms with van der Waals surface area (Å²) in [5.41, 5.74) is 0. The molecule has 16 heavy (non-hydrogen) atoms. The standard InChI is InChI=1S/C13H22O2S/c1-3-8-15-9-7-11(14)10-13-6-5-12(4-2)16-13/h5-6,11,14H,3-4,7-10H2,1-2H3. The fourth-order valence-corrected chi connectivity index (χ4v) is 2.55. The minimum Gasteiger partial charge on any atom is -0.393 e. The van der Waals surface area contributed by atoms with E-state index < -0.39 is 0 Å². The van der Waals surface area contributed by atoms with Crippen molar-refractivity contribution < 1.29 is 9.84 Å². The average Bonchev–Trinajstić information content (AvgIpc) is 2.72. The summed E-state index contributed by atoms with van der Waals surface area (Å²) >= 11 is 1.80. The van der Waals surface area contributed by atoms with Crippen molar-refractivity contribution in [1.29, 1.82) is 0 Å². The molecule has 1 rings (SSSR count). The van der Waals surface area contributed by atoms with Crippen molar-refractivity contribution in [1.82, 2.24) is 0 Å². The first kappa shape index (κ1) is 13.7. The van der Waals surface area contributed by atoms with Gasteiger partial charge in [0.05, 0.1) is 6.10 Å². The lowest BCUT2D eigenvalue weighted by Crippen LogP contribution is -2.13. The van der Waals surface area contributed by atoms with Gasteiger partial charge < -0.3 is 9.84 Å². The lowest BCUT2D eigenvalue weighted by Gasteiger charge is -2.09. The number of ether oxygens (including phenoxy) is 1. The Morgan fingerprint density at radius 3 is 2.62 bits per heavy atom. The van der Waals surface area contributed by atoms with Crippen molar-refractivity contribution in [2.24, 2.45) is 0 Å². The minimum atomic E-state index is -0.264. The highest BCUT2D eigenvalue weighted by atomic mass is 32.1. The summed E-state index contributed by atoms with van der Waals surface area (Å²) in [5.74, 6) is 0. The molecule has 1 heterocycles. The summed E-state index contributed by atoms with van der Waals surface area (Å²) in [6.07, 6.45) is 3.36.